The van der Waals surface area contributed by atoms with Crippen molar-refractivity contribution >= 4 is 0 Å². The number of ether oxygens (including phenoxy) is 2. The standard InChI is InChI=1S/C26H29NO2.C22H31NO/c1-28-26-19-22(12-13-25(26)29-23-10-6-3-7-11-23)24(21-8-4-2-5-9-21)18-20-14-16-27-17-15-20;1-16(2)23(17(3)4)14-13-20(19-9-7-6-8-10-19)21-15-18(5)11-12-22(21)24/h2,4-5,8-9,12-17,19,23-24H,3,6-7,10-11,18H2,1H3;6-12,15-17,20,24H,13-14H2,1-5H3. The number of methoxy groups -OCH3 is 1. The Morgan fingerprint density at radius 3 is 1.92 bits per heavy atom. The second-order valence-corrected chi connectivity index (χ2v) is 15.1. The van der Waals surface area contributed by atoms with E-state index in [4.69, 9.17) is 9.47 Å². The fraction of sp³-hybridized carbons (Fsp3) is 0.396. The van der Waals surface area contributed by atoms with Gasteiger partial charge in [-0.25, -0.2) is 0 Å². The Balaban J connectivity index is 0.000000209. The average Bonchev–Trinajstić information content (AvgIpc) is 3.18. The average molecular weight is 713 g/mol. The second-order valence-electron chi connectivity index (χ2n) is 15.1. The van der Waals surface area contributed by atoms with Crippen LogP contribution in [0.3, 0.4) is 0 Å². The maximum Gasteiger partial charge on any atom is 0.161 e. The third kappa shape index (κ3) is 11.4. The quantitative estimate of drug-likeness (QED) is 0.124. The zero-order valence-corrected chi connectivity index (χ0v) is 32.7. The number of aromatic nitrogens is 1. The SMILES string of the molecule is COc1cc(C(Cc2ccncc2)c2ccccc2)ccc1OC1CCCCC1.Cc1ccc(O)c(C(CCN(C(C)C)C(C)C)c2ccccc2)c1. The van der Waals surface area contributed by atoms with Crippen LogP contribution < -0.4 is 9.47 Å². The highest BCUT2D eigenvalue weighted by molar-refractivity contribution is 5.47. The van der Waals surface area contributed by atoms with Crippen molar-refractivity contribution < 1.29 is 14.6 Å². The highest BCUT2D eigenvalue weighted by atomic mass is 16.5. The molecule has 280 valence electrons. The number of phenolic OH excluding ortho intramolecular Hbond substituents is 1. The smallest absolute Gasteiger partial charge is 0.161 e. The van der Waals surface area contributed by atoms with E-state index in [2.05, 4.69) is 135 Å². The lowest BCUT2D eigenvalue weighted by Gasteiger charge is -2.32. The van der Waals surface area contributed by atoms with Gasteiger partial charge in [0.25, 0.3) is 0 Å². The molecule has 5 nitrogen and oxygen atoms in total. The molecule has 5 aromatic rings. The third-order valence-corrected chi connectivity index (χ3v) is 10.6. The van der Waals surface area contributed by atoms with Crippen LogP contribution in [0.2, 0.25) is 0 Å². The lowest BCUT2D eigenvalue weighted by atomic mass is 9.86. The number of hydrogen-bond acceptors (Lipinski definition) is 5. The summed E-state index contributed by atoms with van der Waals surface area (Å²) in [6, 6.07) is 38.8. The summed E-state index contributed by atoms with van der Waals surface area (Å²) >= 11 is 0. The molecule has 0 bridgehead atoms. The summed E-state index contributed by atoms with van der Waals surface area (Å²) in [7, 11) is 1.73. The summed E-state index contributed by atoms with van der Waals surface area (Å²) in [5.74, 6) is 2.54. The first-order valence-electron chi connectivity index (χ1n) is 19.6. The molecule has 1 aliphatic rings. The van der Waals surface area contributed by atoms with Crippen molar-refractivity contribution in [2.45, 2.75) is 110 Å². The minimum absolute atomic E-state index is 0.214. The maximum atomic E-state index is 10.4. The van der Waals surface area contributed by atoms with E-state index >= 15 is 0 Å². The molecule has 0 amide bonds. The molecule has 2 unspecified atom stereocenters. The van der Waals surface area contributed by atoms with Crippen molar-refractivity contribution in [2.75, 3.05) is 13.7 Å². The number of phenols is 1. The van der Waals surface area contributed by atoms with Gasteiger partial charge >= 0.3 is 0 Å². The van der Waals surface area contributed by atoms with E-state index in [1.165, 1.54) is 47.1 Å². The Morgan fingerprint density at radius 2 is 1.32 bits per heavy atom. The lowest BCUT2D eigenvalue weighted by molar-refractivity contribution is 0.149. The van der Waals surface area contributed by atoms with Crippen LogP contribution in [0.25, 0.3) is 0 Å². The van der Waals surface area contributed by atoms with Gasteiger partial charge in [-0.1, -0.05) is 90.8 Å². The Bertz CT molecular complexity index is 1780. The molecule has 1 fully saturated rings. The van der Waals surface area contributed by atoms with E-state index in [-0.39, 0.29) is 11.8 Å². The van der Waals surface area contributed by atoms with Gasteiger partial charge in [-0.2, -0.15) is 0 Å². The first-order valence-corrected chi connectivity index (χ1v) is 19.6. The van der Waals surface area contributed by atoms with E-state index in [9.17, 15) is 5.11 Å². The summed E-state index contributed by atoms with van der Waals surface area (Å²) in [5, 5.41) is 10.4. The molecule has 1 heterocycles. The lowest BCUT2D eigenvalue weighted by Crippen LogP contribution is -2.38. The number of nitrogens with zero attached hydrogens (tertiary/aromatic N) is 2. The van der Waals surface area contributed by atoms with Gasteiger partial charge in [-0.05, 0) is 132 Å². The molecule has 2 atom stereocenters. The first kappa shape index (κ1) is 39.6. The van der Waals surface area contributed by atoms with Crippen LogP contribution in [-0.2, 0) is 6.42 Å². The van der Waals surface area contributed by atoms with Crippen molar-refractivity contribution in [3.8, 4) is 17.2 Å². The number of aromatic hydroxyl groups is 1. The monoisotopic (exact) mass is 712 g/mol. The Labute approximate surface area is 319 Å². The number of aryl methyl sites for hydroxylation is 1. The summed E-state index contributed by atoms with van der Waals surface area (Å²) in [4.78, 5) is 6.67. The fourth-order valence-electron chi connectivity index (χ4n) is 7.76. The normalized spacial score (nSPS) is 14.4. The minimum Gasteiger partial charge on any atom is -0.508 e. The molecule has 1 aromatic heterocycles. The highest BCUT2D eigenvalue weighted by Gasteiger charge is 2.22. The van der Waals surface area contributed by atoms with E-state index in [1.807, 2.05) is 30.6 Å². The number of benzene rings is 4. The summed E-state index contributed by atoms with van der Waals surface area (Å²) in [5.41, 5.74) is 7.30. The van der Waals surface area contributed by atoms with Gasteiger partial charge < -0.3 is 14.6 Å². The Kier molecular flexibility index (Phi) is 14.9. The summed E-state index contributed by atoms with van der Waals surface area (Å²) in [6.07, 6.45) is 12.1. The van der Waals surface area contributed by atoms with Gasteiger partial charge in [0.15, 0.2) is 11.5 Å². The molecule has 1 saturated carbocycles. The fourth-order valence-corrected chi connectivity index (χ4v) is 7.76. The van der Waals surface area contributed by atoms with E-state index in [0.717, 1.165) is 49.3 Å². The van der Waals surface area contributed by atoms with E-state index in [0.29, 0.717) is 23.9 Å². The van der Waals surface area contributed by atoms with Crippen LogP contribution in [-0.4, -0.2) is 46.8 Å². The number of pyridine rings is 1. The molecular weight excluding hydrogens is 653 g/mol. The second kappa shape index (κ2) is 20.0. The molecule has 0 aliphatic heterocycles. The zero-order valence-electron chi connectivity index (χ0n) is 32.7. The molecule has 5 heteroatoms. The Hall–Kier alpha value is -4.61. The topological polar surface area (TPSA) is 54.8 Å². The first-order chi connectivity index (χ1) is 25.7. The largest absolute Gasteiger partial charge is 0.508 e. The van der Waals surface area contributed by atoms with E-state index < -0.39 is 0 Å². The van der Waals surface area contributed by atoms with Crippen LogP contribution in [0.5, 0.6) is 17.2 Å². The summed E-state index contributed by atoms with van der Waals surface area (Å²) < 4.78 is 12.0. The van der Waals surface area contributed by atoms with Gasteiger partial charge in [0.2, 0.25) is 0 Å². The number of hydrogen-bond donors (Lipinski definition) is 1. The van der Waals surface area contributed by atoms with E-state index in [1.54, 1.807) is 7.11 Å². The van der Waals surface area contributed by atoms with Crippen LogP contribution in [0.15, 0.2) is 122 Å². The van der Waals surface area contributed by atoms with Crippen molar-refractivity contribution in [3.63, 3.8) is 0 Å². The van der Waals surface area contributed by atoms with Crippen molar-refractivity contribution in [1.82, 2.24) is 9.88 Å². The molecule has 0 saturated heterocycles. The number of rotatable bonds is 14. The molecule has 6 rings (SSSR count). The minimum atomic E-state index is 0.214. The van der Waals surface area contributed by atoms with Gasteiger partial charge in [-0.3, -0.25) is 9.88 Å². The van der Waals surface area contributed by atoms with Gasteiger partial charge in [0.1, 0.15) is 5.75 Å². The molecule has 4 aromatic carbocycles. The molecular formula is C48H60N2O3. The summed E-state index contributed by atoms with van der Waals surface area (Å²) in [6.45, 7) is 12.1. The van der Waals surface area contributed by atoms with Crippen LogP contribution in [0.4, 0.5) is 0 Å². The maximum absolute atomic E-state index is 10.4. The van der Waals surface area contributed by atoms with Crippen molar-refractivity contribution in [3.05, 3.63) is 155 Å². The van der Waals surface area contributed by atoms with Crippen LogP contribution >= 0.6 is 0 Å². The van der Waals surface area contributed by atoms with Crippen molar-refractivity contribution in [1.29, 1.82) is 0 Å². The van der Waals surface area contributed by atoms with Crippen LogP contribution in [0, 0.1) is 6.92 Å². The predicted molar refractivity (Wildman–Crippen MR) is 219 cm³/mol. The molecule has 0 spiro atoms. The van der Waals surface area contributed by atoms with Gasteiger partial charge in [0, 0.05) is 41.9 Å². The van der Waals surface area contributed by atoms with Crippen LogP contribution in [0.1, 0.15) is 111 Å². The Morgan fingerprint density at radius 1 is 0.698 bits per heavy atom. The van der Waals surface area contributed by atoms with Gasteiger partial charge in [0.05, 0.1) is 13.2 Å². The molecule has 1 aliphatic carbocycles. The predicted octanol–water partition coefficient (Wildman–Crippen LogP) is 11.5. The third-order valence-electron chi connectivity index (χ3n) is 10.6. The molecule has 0 radical (unpaired) electrons. The molecule has 1 N–H and O–H groups in total. The zero-order chi connectivity index (χ0) is 37.6. The van der Waals surface area contributed by atoms with Gasteiger partial charge in [-0.15, -0.1) is 0 Å². The highest BCUT2D eigenvalue weighted by Crippen LogP contribution is 2.38. The van der Waals surface area contributed by atoms with Crippen molar-refractivity contribution in [2.24, 2.45) is 0 Å². The molecule has 53 heavy (non-hydrogen) atoms.